The first-order chi connectivity index (χ1) is 8.08. The molecular weight excluding hydrogens is 238 g/mol. The molecule has 1 aliphatic carbocycles. The Morgan fingerprint density at radius 3 is 2.76 bits per heavy atom. The van der Waals surface area contributed by atoms with Crippen molar-refractivity contribution in [2.24, 2.45) is 5.92 Å². The molecule has 0 unspecified atom stereocenters. The molecule has 0 aromatic carbocycles. The largest absolute Gasteiger partial charge is 0.393 e. The van der Waals surface area contributed by atoms with Gasteiger partial charge in [0.15, 0.2) is 0 Å². The Hall–Kier alpha value is -0.870. The normalized spacial score (nSPS) is 23.6. The van der Waals surface area contributed by atoms with Gasteiger partial charge in [0.25, 0.3) is 0 Å². The number of halogens is 1. The van der Waals surface area contributed by atoms with Crippen LogP contribution in [-0.4, -0.2) is 27.7 Å². The quantitative estimate of drug-likeness (QED) is 0.812. The van der Waals surface area contributed by atoms with E-state index >= 15 is 0 Å². The molecule has 1 aliphatic rings. The molecule has 2 N–H and O–H groups in total. The smallest absolute Gasteiger partial charge is 0.138 e. The Bertz CT molecular complexity index is 391. The van der Waals surface area contributed by atoms with E-state index < -0.39 is 0 Å². The predicted molar refractivity (Wildman–Crippen MR) is 68.4 cm³/mol. The van der Waals surface area contributed by atoms with Crippen LogP contribution in [-0.2, 0) is 0 Å². The molecule has 1 fully saturated rings. The molecule has 0 aliphatic heterocycles. The Labute approximate surface area is 106 Å². The van der Waals surface area contributed by atoms with E-state index in [1.807, 2.05) is 0 Å². The summed E-state index contributed by atoms with van der Waals surface area (Å²) in [5, 5.41) is 13.1. The highest BCUT2D eigenvalue weighted by atomic mass is 35.5. The number of aromatic nitrogens is 2. The van der Waals surface area contributed by atoms with Gasteiger partial charge in [-0.05, 0) is 24.7 Å². The zero-order valence-electron chi connectivity index (χ0n) is 10.2. The fourth-order valence-corrected chi connectivity index (χ4v) is 2.49. The van der Waals surface area contributed by atoms with Crippen LogP contribution in [0.4, 0.5) is 5.82 Å². The van der Waals surface area contributed by atoms with E-state index in [4.69, 9.17) is 11.6 Å². The maximum atomic E-state index is 9.23. The van der Waals surface area contributed by atoms with Gasteiger partial charge >= 0.3 is 0 Å². The molecule has 0 amide bonds. The molecule has 0 atom stereocenters. The number of rotatable bonds is 4. The number of hydrogen-bond donors (Lipinski definition) is 2. The molecule has 0 radical (unpaired) electrons. The highest BCUT2D eigenvalue weighted by molar-refractivity contribution is 6.30. The highest BCUT2D eigenvalue weighted by Crippen LogP contribution is 2.30. The summed E-state index contributed by atoms with van der Waals surface area (Å²) in [5.74, 6) is 1.65. The number of anilines is 1. The lowest BCUT2D eigenvalue weighted by Gasteiger charge is -2.31. The Morgan fingerprint density at radius 2 is 2.18 bits per heavy atom. The SMILES string of the molecule is CC(C)c1c(Cl)ncnc1NCC1CC(O)C1. The van der Waals surface area contributed by atoms with Gasteiger partial charge in [-0.1, -0.05) is 25.4 Å². The van der Waals surface area contributed by atoms with Crippen molar-refractivity contribution in [2.75, 3.05) is 11.9 Å². The molecule has 1 saturated carbocycles. The molecule has 0 spiro atoms. The first-order valence-corrected chi connectivity index (χ1v) is 6.38. The van der Waals surface area contributed by atoms with Crippen molar-refractivity contribution in [3.8, 4) is 0 Å². The van der Waals surface area contributed by atoms with Crippen molar-refractivity contribution in [1.29, 1.82) is 0 Å². The fraction of sp³-hybridized carbons (Fsp3) is 0.667. The molecule has 5 heteroatoms. The van der Waals surface area contributed by atoms with Crippen LogP contribution >= 0.6 is 11.6 Å². The van der Waals surface area contributed by atoms with Crippen LogP contribution in [0.5, 0.6) is 0 Å². The molecular formula is C12H18ClN3O. The fourth-order valence-electron chi connectivity index (χ4n) is 2.13. The summed E-state index contributed by atoms with van der Waals surface area (Å²) in [6, 6.07) is 0. The van der Waals surface area contributed by atoms with E-state index in [9.17, 15) is 5.11 Å². The maximum Gasteiger partial charge on any atom is 0.138 e. The van der Waals surface area contributed by atoms with Crippen LogP contribution in [0.3, 0.4) is 0 Å². The zero-order chi connectivity index (χ0) is 12.4. The van der Waals surface area contributed by atoms with Gasteiger partial charge in [-0.25, -0.2) is 9.97 Å². The first kappa shape index (κ1) is 12.6. The second-order valence-corrected chi connectivity index (χ2v) is 5.31. The second kappa shape index (κ2) is 5.19. The van der Waals surface area contributed by atoms with Crippen molar-refractivity contribution >= 4 is 17.4 Å². The van der Waals surface area contributed by atoms with Gasteiger partial charge in [-0.15, -0.1) is 0 Å². The number of hydrogen-bond acceptors (Lipinski definition) is 4. The zero-order valence-corrected chi connectivity index (χ0v) is 10.9. The van der Waals surface area contributed by atoms with Crippen molar-refractivity contribution in [3.05, 3.63) is 17.0 Å². The van der Waals surface area contributed by atoms with E-state index in [0.717, 1.165) is 30.8 Å². The molecule has 2 rings (SSSR count). The van der Waals surface area contributed by atoms with Gasteiger partial charge in [0.2, 0.25) is 0 Å². The monoisotopic (exact) mass is 255 g/mol. The van der Waals surface area contributed by atoms with Gasteiger partial charge in [-0.3, -0.25) is 0 Å². The van der Waals surface area contributed by atoms with Gasteiger partial charge in [0.1, 0.15) is 17.3 Å². The molecule has 4 nitrogen and oxygen atoms in total. The minimum Gasteiger partial charge on any atom is -0.393 e. The molecule has 0 bridgehead atoms. The summed E-state index contributed by atoms with van der Waals surface area (Å²) in [5.41, 5.74) is 0.967. The molecule has 1 heterocycles. The molecule has 94 valence electrons. The minimum absolute atomic E-state index is 0.111. The summed E-state index contributed by atoms with van der Waals surface area (Å²) < 4.78 is 0. The lowest BCUT2D eigenvalue weighted by Crippen LogP contribution is -2.33. The summed E-state index contributed by atoms with van der Waals surface area (Å²) >= 11 is 6.08. The third kappa shape index (κ3) is 2.87. The molecule has 1 aromatic heterocycles. The van der Waals surface area contributed by atoms with Crippen LogP contribution in [0.25, 0.3) is 0 Å². The maximum absolute atomic E-state index is 9.23. The summed E-state index contributed by atoms with van der Waals surface area (Å²) in [6.45, 7) is 4.98. The third-order valence-electron chi connectivity index (χ3n) is 3.18. The Morgan fingerprint density at radius 1 is 1.47 bits per heavy atom. The van der Waals surface area contributed by atoms with Gasteiger partial charge in [-0.2, -0.15) is 0 Å². The van der Waals surface area contributed by atoms with Crippen LogP contribution in [0.15, 0.2) is 6.33 Å². The highest BCUT2D eigenvalue weighted by Gasteiger charge is 2.27. The van der Waals surface area contributed by atoms with E-state index in [-0.39, 0.29) is 12.0 Å². The third-order valence-corrected chi connectivity index (χ3v) is 3.48. The average Bonchev–Trinajstić information content (AvgIpc) is 2.22. The standard InChI is InChI=1S/C12H18ClN3O/c1-7(2)10-11(13)15-6-16-12(10)14-5-8-3-9(17)4-8/h6-9,17H,3-5H2,1-2H3,(H,14,15,16). The van der Waals surface area contributed by atoms with E-state index in [0.29, 0.717) is 11.1 Å². The average molecular weight is 256 g/mol. The Kier molecular flexibility index (Phi) is 3.84. The number of aliphatic hydroxyl groups is 1. The minimum atomic E-state index is -0.111. The second-order valence-electron chi connectivity index (χ2n) is 4.95. The van der Waals surface area contributed by atoms with Crippen molar-refractivity contribution in [1.82, 2.24) is 9.97 Å². The Balaban J connectivity index is 2.02. The van der Waals surface area contributed by atoms with E-state index in [1.165, 1.54) is 6.33 Å². The molecule has 1 aromatic rings. The van der Waals surface area contributed by atoms with Crippen LogP contribution in [0, 0.1) is 5.92 Å². The lowest BCUT2D eigenvalue weighted by molar-refractivity contribution is 0.0486. The van der Waals surface area contributed by atoms with Gasteiger partial charge in [0.05, 0.1) is 6.10 Å². The topological polar surface area (TPSA) is 58.0 Å². The van der Waals surface area contributed by atoms with E-state index in [2.05, 4.69) is 29.1 Å². The predicted octanol–water partition coefficient (Wildman–Crippen LogP) is 2.44. The van der Waals surface area contributed by atoms with E-state index in [1.54, 1.807) is 0 Å². The molecule has 0 saturated heterocycles. The van der Waals surface area contributed by atoms with Gasteiger partial charge in [0, 0.05) is 12.1 Å². The number of nitrogens with one attached hydrogen (secondary N) is 1. The van der Waals surface area contributed by atoms with Crippen molar-refractivity contribution in [2.45, 2.75) is 38.7 Å². The summed E-state index contributed by atoms with van der Waals surface area (Å²) in [7, 11) is 0. The van der Waals surface area contributed by atoms with Crippen LogP contribution < -0.4 is 5.32 Å². The molecule has 17 heavy (non-hydrogen) atoms. The number of nitrogens with zero attached hydrogens (tertiary/aromatic N) is 2. The summed E-state index contributed by atoms with van der Waals surface area (Å²) in [6.07, 6.45) is 3.12. The van der Waals surface area contributed by atoms with Crippen LogP contribution in [0.2, 0.25) is 5.15 Å². The number of aliphatic hydroxyl groups excluding tert-OH is 1. The van der Waals surface area contributed by atoms with Crippen LogP contribution in [0.1, 0.15) is 38.2 Å². The lowest BCUT2D eigenvalue weighted by atomic mass is 9.82. The van der Waals surface area contributed by atoms with Crippen molar-refractivity contribution < 1.29 is 5.11 Å². The summed E-state index contributed by atoms with van der Waals surface area (Å²) in [4.78, 5) is 8.25. The van der Waals surface area contributed by atoms with Gasteiger partial charge < -0.3 is 10.4 Å². The van der Waals surface area contributed by atoms with Crippen molar-refractivity contribution in [3.63, 3.8) is 0 Å². The first-order valence-electron chi connectivity index (χ1n) is 6.00.